The van der Waals surface area contributed by atoms with E-state index < -0.39 is 29.2 Å². The highest BCUT2D eigenvalue weighted by molar-refractivity contribution is 14.1. The smallest absolute Gasteiger partial charge is 0.268 e. The van der Waals surface area contributed by atoms with Crippen molar-refractivity contribution >= 4 is 28.5 Å². The molecule has 0 aromatic carbocycles. The predicted octanol–water partition coefficient (Wildman–Crippen LogP) is 1.43. The van der Waals surface area contributed by atoms with Gasteiger partial charge >= 0.3 is 0 Å². The Morgan fingerprint density at radius 1 is 1.64 bits per heavy atom. The van der Waals surface area contributed by atoms with E-state index in [1.807, 2.05) is 0 Å². The number of hydrogen-bond acceptors (Lipinski definition) is 3. The lowest BCUT2D eigenvalue weighted by molar-refractivity contribution is 0.0983. The summed E-state index contributed by atoms with van der Waals surface area (Å²) in [4.78, 5) is 14.3. The van der Waals surface area contributed by atoms with E-state index in [0.29, 0.717) is 0 Å². The highest BCUT2D eigenvalue weighted by Gasteiger charge is 2.23. The fourth-order valence-electron chi connectivity index (χ4n) is 0.908. The van der Waals surface area contributed by atoms with Crippen LogP contribution in [0.3, 0.4) is 0 Å². The summed E-state index contributed by atoms with van der Waals surface area (Å²) in [5, 5.41) is 9.24. The van der Waals surface area contributed by atoms with Crippen LogP contribution < -0.4 is 5.73 Å². The van der Waals surface area contributed by atoms with E-state index in [9.17, 15) is 18.7 Å². The molecule has 0 saturated heterocycles. The number of aromatic hydroxyl groups is 1. The lowest BCUT2D eigenvalue weighted by Crippen LogP contribution is -2.15. The molecule has 3 N–H and O–H groups in total. The quantitative estimate of drug-likeness (QED) is 0.640. The predicted molar refractivity (Wildman–Crippen MR) is 52.1 cm³/mol. The van der Waals surface area contributed by atoms with Crippen molar-refractivity contribution in [2.24, 2.45) is 5.73 Å². The third kappa shape index (κ3) is 1.91. The first-order valence-electron chi connectivity index (χ1n) is 3.40. The molecule has 1 amide bonds. The molecule has 14 heavy (non-hydrogen) atoms. The molecule has 0 radical (unpaired) electrons. The maximum absolute atomic E-state index is 12.4. The van der Waals surface area contributed by atoms with Crippen molar-refractivity contribution in [1.29, 1.82) is 0 Å². The Bertz CT molecular complexity index is 384. The second-order valence-electron chi connectivity index (χ2n) is 2.39. The van der Waals surface area contributed by atoms with Crippen molar-refractivity contribution in [1.82, 2.24) is 4.98 Å². The molecule has 0 aliphatic rings. The fraction of sp³-hybridized carbons (Fsp3) is 0.143. The number of rotatable bonds is 2. The van der Waals surface area contributed by atoms with Gasteiger partial charge in [0.1, 0.15) is 3.70 Å². The zero-order valence-corrected chi connectivity index (χ0v) is 8.83. The summed E-state index contributed by atoms with van der Waals surface area (Å²) < 4.78 is 24.9. The minimum absolute atomic E-state index is 0.00269. The average molecular weight is 314 g/mol. The number of halogens is 3. The Morgan fingerprint density at radius 2 is 2.21 bits per heavy atom. The van der Waals surface area contributed by atoms with Crippen LogP contribution in [0.15, 0.2) is 6.20 Å². The monoisotopic (exact) mass is 314 g/mol. The minimum atomic E-state index is -2.96. The van der Waals surface area contributed by atoms with Gasteiger partial charge in [-0.1, -0.05) is 0 Å². The maximum Gasteiger partial charge on any atom is 0.268 e. The Kier molecular flexibility index (Phi) is 3.19. The molecule has 76 valence electrons. The number of nitrogens with zero attached hydrogens (tertiary/aromatic N) is 1. The zero-order chi connectivity index (χ0) is 10.9. The highest BCUT2D eigenvalue weighted by atomic mass is 127. The van der Waals surface area contributed by atoms with Crippen LogP contribution in [-0.4, -0.2) is 16.0 Å². The molecular formula is C7H5F2IN2O2. The lowest BCUT2D eigenvalue weighted by atomic mass is 10.1. The van der Waals surface area contributed by atoms with E-state index in [1.54, 1.807) is 22.6 Å². The average Bonchev–Trinajstić information content (AvgIpc) is 2.08. The molecule has 0 saturated carbocycles. The van der Waals surface area contributed by atoms with Gasteiger partial charge in [-0.05, 0) is 22.6 Å². The second-order valence-corrected chi connectivity index (χ2v) is 3.41. The van der Waals surface area contributed by atoms with Crippen LogP contribution in [-0.2, 0) is 0 Å². The van der Waals surface area contributed by atoms with Gasteiger partial charge in [0.25, 0.3) is 12.3 Å². The SMILES string of the molecule is NC(=O)c1cnc(I)c(O)c1C(F)F. The number of primary amides is 1. The summed E-state index contributed by atoms with van der Waals surface area (Å²) in [5.41, 5.74) is 3.62. The Morgan fingerprint density at radius 3 is 2.64 bits per heavy atom. The third-order valence-corrected chi connectivity index (χ3v) is 2.32. The molecule has 0 unspecified atom stereocenters. The summed E-state index contributed by atoms with van der Waals surface area (Å²) in [6, 6.07) is 0. The molecule has 7 heteroatoms. The summed E-state index contributed by atoms with van der Waals surface area (Å²) in [5.74, 6) is -1.74. The van der Waals surface area contributed by atoms with Crippen molar-refractivity contribution < 1.29 is 18.7 Å². The van der Waals surface area contributed by atoms with Crippen LogP contribution in [0.4, 0.5) is 8.78 Å². The summed E-state index contributed by atoms with van der Waals surface area (Å²) in [6.07, 6.45) is -2.04. The van der Waals surface area contributed by atoms with E-state index in [4.69, 9.17) is 5.73 Å². The molecule has 1 rings (SSSR count). The largest absolute Gasteiger partial charge is 0.505 e. The van der Waals surface area contributed by atoms with E-state index in [0.717, 1.165) is 6.20 Å². The standard InChI is InChI=1S/C7H5F2IN2O2/c8-5(9)3-2(7(11)14)1-12-6(10)4(3)13/h1,5,13H,(H2,11,14). The molecule has 1 aromatic heterocycles. The van der Waals surface area contributed by atoms with Crippen molar-refractivity contribution in [2.75, 3.05) is 0 Å². The number of pyridine rings is 1. The molecule has 0 spiro atoms. The topological polar surface area (TPSA) is 76.2 Å². The van der Waals surface area contributed by atoms with Gasteiger partial charge in [-0.25, -0.2) is 13.8 Å². The number of hydrogen-bond donors (Lipinski definition) is 2. The van der Waals surface area contributed by atoms with Crippen molar-refractivity contribution in [3.63, 3.8) is 0 Å². The number of alkyl halides is 2. The third-order valence-electron chi connectivity index (χ3n) is 1.53. The van der Waals surface area contributed by atoms with Gasteiger partial charge in [0.05, 0.1) is 11.1 Å². The van der Waals surface area contributed by atoms with Crippen LogP contribution in [0.2, 0.25) is 0 Å². The van der Waals surface area contributed by atoms with Gasteiger partial charge in [0, 0.05) is 6.20 Å². The van der Waals surface area contributed by atoms with Crippen LogP contribution in [0, 0.1) is 3.70 Å². The molecule has 0 aliphatic carbocycles. The van der Waals surface area contributed by atoms with E-state index >= 15 is 0 Å². The molecule has 0 aliphatic heterocycles. The summed E-state index contributed by atoms with van der Waals surface area (Å²) in [6.45, 7) is 0. The van der Waals surface area contributed by atoms with Crippen LogP contribution in [0.5, 0.6) is 5.75 Å². The van der Waals surface area contributed by atoms with Crippen molar-refractivity contribution in [2.45, 2.75) is 6.43 Å². The Balaban J connectivity index is 3.45. The highest BCUT2D eigenvalue weighted by Crippen LogP contribution is 2.33. The number of nitrogens with two attached hydrogens (primary N) is 1. The van der Waals surface area contributed by atoms with Crippen LogP contribution in [0.25, 0.3) is 0 Å². The molecule has 4 nitrogen and oxygen atoms in total. The van der Waals surface area contributed by atoms with E-state index in [2.05, 4.69) is 4.98 Å². The fourth-order valence-corrected chi connectivity index (χ4v) is 1.34. The molecule has 1 heterocycles. The first kappa shape index (κ1) is 11.1. The van der Waals surface area contributed by atoms with Crippen LogP contribution in [0.1, 0.15) is 22.3 Å². The number of carbonyl (C=O) groups is 1. The van der Waals surface area contributed by atoms with Gasteiger partial charge in [-0.2, -0.15) is 0 Å². The Labute approximate surface area is 91.3 Å². The van der Waals surface area contributed by atoms with Gasteiger partial charge in [-0.15, -0.1) is 0 Å². The molecular weight excluding hydrogens is 309 g/mol. The maximum atomic E-state index is 12.4. The van der Waals surface area contributed by atoms with Gasteiger partial charge in [-0.3, -0.25) is 4.79 Å². The van der Waals surface area contributed by atoms with Crippen molar-refractivity contribution in [3.05, 3.63) is 21.0 Å². The molecule has 1 aromatic rings. The number of amides is 1. The molecule has 0 fully saturated rings. The molecule has 0 bridgehead atoms. The Hall–Kier alpha value is -0.990. The number of carbonyl (C=O) groups excluding carboxylic acids is 1. The van der Waals surface area contributed by atoms with E-state index in [-0.39, 0.29) is 3.70 Å². The lowest BCUT2D eigenvalue weighted by Gasteiger charge is -2.08. The van der Waals surface area contributed by atoms with Gasteiger partial charge in [0.2, 0.25) is 0 Å². The summed E-state index contributed by atoms with van der Waals surface area (Å²) >= 11 is 1.58. The number of aromatic nitrogens is 1. The normalized spacial score (nSPS) is 10.6. The first-order valence-corrected chi connectivity index (χ1v) is 4.48. The van der Waals surface area contributed by atoms with Crippen LogP contribution >= 0.6 is 22.6 Å². The molecule has 0 atom stereocenters. The van der Waals surface area contributed by atoms with Crippen molar-refractivity contribution in [3.8, 4) is 5.75 Å². The second kappa shape index (κ2) is 4.03. The van der Waals surface area contributed by atoms with Gasteiger partial charge < -0.3 is 10.8 Å². The summed E-state index contributed by atoms with van der Waals surface area (Å²) in [7, 11) is 0. The first-order chi connectivity index (χ1) is 6.45. The van der Waals surface area contributed by atoms with Gasteiger partial charge in [0.15, 0.2) is 5.75 Å². The minimum Gasteiger partial charge on any atom is -0.505 e. The zero-order valence-electron chi connectivity index (χ0n) is 6.67. The van der Waals surface area contributed by atoms with E-state index in [1.165, 1.54) is 0 Å².